The Morgan fingerprint density at radius 3 is 2.04 bits per heavy atom. The molecule has 0 aromatic rings. The van der Waals surface area contributed by atoms with Crippen molar-refractivity contribution in [1.82, 2.24) is 31.1 Å². The fraction of sp³-hybridized carbons (Fsp3) is 0.837. The summed E-state index contributed by atoms with van der Waals surface area (Å²) in [5, 5.41) is 12.8. The van der Waals surface area contributed by atoms with Crippen molar-refractivity contribution < 1.29 is 24.0 Å². The lowest BCUT2D eigenvalue weighted by Gasteiger charge is -2.40. The molecule has 4 saturated carbocycles. The van der Waals surface area contributed by atoms with E-state index in [9.17, 15) is 19.2 Å². The lowest BCUT2D eigenvalue weighted by atomic mass is 9.73. The highest BCUT2D eigenvalue weighted by Gasteiger charge is 2.85. The van der Waals surface area contributed by atoms with Crippen LogP contribution in [0.4, 0.5) is 0 Å². The third kappa shape index (κ3) is 7.36. The van der Waals surface area contributed by atoms with E-state index in [1.807, 2.05) is 27.7 Å². The van der Waals surface area contributed by atoms with Gasteiger partial charge < -0.3 is 26.2 Å². The van der Waals surface area contributed by atoms with E-state index in [0.717, 1.165) is 83.7 Å². The Morgan fingerprint density at radius 2 is 1.48 bits per heavy atom. The SMILES string of the molecule is C=C(NC(C(=O)N1C[C@]2(CC1C(=O)N[C@@H](CCC)C(=O)C(=O)NC1CC1)C(C)(C)C21CCC1)C(C)(C)C)[C@@H](NC(=O)[C@H]1CCCN1CC)C1CCCCC1. The smallest absolute Gasteiger partial charge is 0.289 e. The second-order valence-corrected chi connectivity index (χ2v) is 19.4. The molecule has 54 heavy (non-hydrogen) atoms. The number of hydrogen-bond donors (Lipinski definition) is 4. The van der Waals surface area contributed by atoms with Crippen LogP contribution in [-0.2, 0) is 24.0 Å². The Morgan fingerprint density at radius 1 is 0.815 bits per heavy atom. The normalized spacial score (nSPS) is 29.2. The van der Waals surface area contributed by atoms with Crippen molar-refractivity contribution in [2.45, 2.75) is 181 Å². The van der Waals surface area contributed by atoms with E-state index < -0.39 is 35.2 Å². The van der Waals surface area contributed by atoms with Gasteiger partial charge in [-0.25, -0.2) is 0 Å². The lowest BCUT2D eigenvalue weighted by molar-refractivity contribution is -0.144. The highest BCUT2D eigenvalue weighted by molar-refractivity contribution is 6.38. The third-order valence-electron chi connectivity index (χ3n) is 15.1. The molecule has 302 valence electrons. The predicted octanol–water partition coefficient (Wildman–Crippen LogP) is 4.98. The van der Waals surface area contributed by atoms with Crippen LogP contribution in [0.3, 0.4) is 0 Å². The molecule has 2 heterocycles. The van der Waals surface area contributed by atoms with Crippen molar-refractivity contribution in [3.05, 3.63) is 12.3 Å². The monoisotopic (exact) mass is 751 g/mol. The number of nitrogens with zero attached hydrogens (tertiary/aromatic N) is 2. The predicted molar refractivity (Wildman–Crippen MR) is 210 cm³/mol. The van der Waals surface area contributed by atoms with Crippen molar-refractivity contribution >= 4 is 29.4 Å². The van der Waals surface area contributed by atoms with Gasteiger partial charge >= 0.3 is 0 Å². The third-order valence-corrected chi connectivity index (χ3v) is 15.1. The summed E-state index contributed by atoms with van der Waals surface area (Å²) in [6, 6.07) is -2.87. The quantitative estimate of drug-likeness (QED) is 0.173. The van der Waals surface area contributed by atoms with Crippen molar-refractivity contribution in [2.75, 3.05) is 19.6 Å². The molecular weight excluding hydrogens is 681 g/mol. The van der Waals surface area contributed by atoms with Crippen LogP contribution < -0.4 is 21.3 Å². The molecule has 0 bridgehead atoms. The van der Waals surface area contributed by atoms with Crippen molar-refractivity contribution in [3.63, 3.8) is 0 Å². The summed E-state index contributed by atoms with van der Waals surface area (Å²) in [6.45, 7) is 21.5. The van der Waals surface area contributed by atoms with Gasteiger partial charge in [0.25, 0.3) is 5.91 Å². The molecule has 6 atom stereocenters. The van der Waals surface area contributed by atoms with E-state index in [4.69, 9.17) is 0 Å². The van der Waals surface area contributed by atoms with Crippen LogP contribution >= 0.6 is 0 Å². The molecule has 6 rings (SSSR count). The number of likely N-dealkylation sites (tertiary alicyclic amines) is 2. The second kappa shape index (κ2) is 15.5. The summed E-state index contributed by atoms with van der Waals surface area (Å²) in [5.74, 6) is -1.53. The van der Waals surface area contributed by atoms with E-state index in [0.29, 0.717) is 31.5 Å². The highest BCUT2D eigenvalue weighted by Crippen LogP contribution is 2.88. The van der Waals surface area contributed by atoms with Gasteiger partial charge in [-0.1, -0.05) is 87.1 Å². The minimum absolute atomic E-state index is 0.0356. The average molecular weight is 751 g/mol. The van der Waals surface area contributed by atoms with Gasteiger partial charge in [0.1, 0.15) is 12.1 Å². The summed E-state index contributed by atoms with van der Waals surface area (Å²) in [5.41, 5.74) is -0.0538. The van der Waals surface area contributed by atoms with E-state index in [1.165, 1.54) is 6.42 Å². The molecule has 2 saturated heterocycles. The number of amides is 4. The fourth-order valence-electron chi connectivity index (χ4n) is 11.3. The maximum absolute atomic E-state index is 15.2. The number of fused-ring (bicyclic) bond motifs is 1. The molecule has 0 aromatic carbocycles. The summed E-state index contributed by atoms with van der Waals surface area (Å²) >= 11 is 0. The summed E-state index contributed by atoms with van der Waals surface area (Å²) in [6.07, 6.45) is 13.8. The number of carbonyl (C=O) groups excluding carboxylic acids is 5. The number of nitrogens with one attached hydrogen (secondary N) is 4. The molecule has 2 spiro atoms. The average Bonchev–Trinajstić information content (AvgIpc) is 3.79. The molecule has 6 fully saturated rings. The molecule has 11 heteroatoms. The van der Waals surface area contributed by atoms with Crippen LogP contribution in [0.25, 0.3) is 0 Å². The summed E-state index contributed by atoms with van der Waals surface area (Å²) in [4.78, 5) is 73.7. The molecular formula is C43H70N6O5. The first-order valence-electron chi connectivity index (χ1n) is 21.5. The number of rotatable bonds is 15. The zero-order valence-electron chi connectivity index (χ0n) is 34.4. The van der Waals surface area contributed by atoms with E-state index in [2.05, 4.69) is 53.5 Å². The van der Waals surface area contributed by atoms with Crippen LogP contribution in [-0.4, -0.2) is 95.1 Å². The molecule has 0 aromatic heterocycles. The molecule has 4 aliphatic carbocycles. The first kappa shape index (κ1) is 40.7. The van der Waals surface area contributed by atoms with Gasteiger partial charge in [-0.05, 0) is 99.5 Å². The van der Waals surface area contributed by atoms with Crippen LogP contribution in [0.5, 0.6) is 0 Å². The number of ketones is 1. The Balaban J connectivity index is 1.25. The van der Waals surface area contributed by atoms with Gasteiger partial charge in [0.2, 0.25) is 23.5 Å². The fourth-order valence-corrected chi connectivity index (χ4v) is 11.3. The van der Waals surface area contributed by atoms with E-state index in [1.54, 1.807) is 4.90 Å². The zero-order valence-corrected chi connectivity index (χ0v) is 34.4. The molecule has 4 N–H and O–H groups in total. The maximum atomic E-state index is 15.2. The van der Waals surface area contributed by atoms with Gasteiger partial charge in [-0.15, -0.1) is 0 Å². The Labute approximate surface area is 324 Å². The van der Waals surface area contributed by atoms with Gasteiger partial charge in [0.05, 0.1) is 18.1 Å². The van der Waals surface area contributed by atoms with Gasteiger partial charge in [0, 0.05) is 23.7 Å². The van der Waals surface area contributed by atoms with Gasteiger partial charge in [0.15, 0.2) is 0 Å². The highest BCUT2D eigenvalue weighted by atomic mass is 16.2. The van der Waals surface area contributed by atoms with E-state index >= 15 is 4.79 Å². The first-order valence-corrected chi connectivity index (χ1v) is 21.5. The van der Waals surface area contributed by atoms with Gasteiger partial charge in [-0.3, -0.25) is 28.9 Å². The standard InChI is InChI=1S/C43H70N6O5/c1-9-16-30(34(50)38(53)45-29-20-21-29)46-37(52)32-25-43(41(7,8)42(43)22-15-23-42)26-49(32)39(54)35(40(4,5)6)44-27(3)33(28-17-12-11-13-18-28)47-36(51)31-19-14-24-48(31)10-2/h28-33,35,44H,3,9-26H2,1-2,4-8H3,(H,45,53)(H,46,52)(H,47,51)/t30-,31+,32?,33+,35?,43+/m0/s1. The molecule has 2 aliphatic heterocycles. The minimum atomic E-state index is -0.945. The first-order chi connectivity index (χ1) is 25.5. The van der Waals surface area contributed by atoms with Crippen LogP contribution in [0.2, 0.25) is 0 Å². The lowest BCUT2D eigenvalue weighted by Crippen LogP contribution is -2.59. The number of Topliss-reactive ketones (excluding diaryl/α,β-unsaturated/α-hetero) is 1. The van der Waals surface area contributed by atoms with Crippen molar-refractivity contribution in [3.8, 4) is 0 Å². The number of likely N-dealkylation sites (N-methyl/N-ethyl adjacent to an activating group) is 1. The van der Waals surface area contributed by atoms with Crippen LogP contribution in [0, 0.1) is 27.6 Å². The van der Waals surface area contributed by atoms with Crippen LogP contribution in [0.1, 0.15) is 145 Å². The Hall–Kier alpha value is -2.95. The zero-order chi connectivity index (χ0) is 39.2. The maximum Gasteiger partial charge on any atom is 0.289 e. The van der Waals surface area contributed by atoms with Crippen LogP contribution in [0.15, 0.2) is 12.3 Å². The van der Waals surface area contributed by atoms with Crippen molar-refractivity contribution in [1.29, 1.82) is 0 Å². The Kier molecular flexibility index (Phi) is 11.7. The van der Waals surface area contributed by atoms with Crippen molar-refractivity contribution in [2.24, 2.45) is 27.6 Å². The number of carbonyl (C=O) groups is 5. The van der Waals surface area contributed by atoms with E-state index in [-0.39, 0.29) is 58.0 Å². The minimum Gasteiger partial charge on any atom is -0.375 e. The summed E-state index contributed by atoms with van der Waals surface area (Å²) < 4.78 is 0. The number of hydrogen-bond acceptors (Lipinski definition) is 7. The molecule has 6 aliphatic rings. The Bertz CT molecular complexity index is 1470. The molecule has 2 unspecified atom stereocenters. The largest absolute Gasteiger partial charge is 0.375 e. The molecule has 0 radical (unpaired) electrons. The topological polar surface area (TPSA) is 140 Å². The second-order valence-electron chi connectivity index (χ2n) is 19.4. The summed E-state index contributed by atoms with van der Waals surface area (Å²) in [7, 11) is 0. The molecule has 4 amide bonds. The van der Waals surface area contributed by atoms with Gasteiger partial charge in [-0.2, -0.15) is 0 Å². The molecule has 11 nitrogen and oxygen atoms in total.